The summed E-state index contributed by atoms with van der Waals surface area (Å²) in [5.74, 6) is 0. The first-order chi connectivity index (χ1) is 6.39. The predicted molar refractivity (Wildman–Crippen MR) is 50.3 cm³/mol. The Morgan fingerprint density at radius 3 is 2.50 bits per heavy atom. The van der Waals surface area contributed by atoms with Crippen LogP contribution >= 0.6 is 11.6 Å². The van der Waals surface area contributed by atoms with Gasteiger partial charge in [-0.1, -0.05) is 17.7 Å². The van der Waals surface area contributed by atoms with Crippen LogP contribution in [0.5, 0.6) is 0 Å². The Morgan fingerprint density at radius 2 is 2.00 bits per heavy atom. The molecule has 0 aromatic heterocycles. The molecule has 0 bridgehead atoms. The molecule has 0 N–H and O–H groups in total. The maximum Gasteiger partial charge on any atom is 0.429 e. The predicted octanol–water partition coefficient (Wildman–Crippen LogP) is 3.99. The minimum Gasteiger partial charge on any atom is -0.249 e. The van der Waals surface area contributed by atoms with Crippen molar-refractivity contribution < 1.29 is 13.2 Å². The van der Waals surface area contributed by atoms with Crippen LogP contribution in [-0.2, 0) is 0 Å². The van der Waals surface area contributed by atoms with Gasteiger partial charge in [-0.15, -0.1) is 0 Å². The van der Waals surface area contributed by atoms with E-state index in [-0.39, 0.29) is 5.69 Å². The van der Waals surface area contributed by atoms with E-state index in [1.54, 1.807) is 12.1 Å². The molecule has 0 spiro atoms. The van der Waals surface area contributed by atoms with Crippen molar-refractivity contribution in [3.05, 3.63) is 29.3 Å². The fourth-order valence-corrected chi connectivity index (χ4v) is 0.987. The zero-order chi connectivity index (χ0) is 10.8. The van der Waals surface area contributed by atoms with Gasteiger partial charge in [0.15, 0.2) is 0 Å². The van der Waals surface area contributed by atoms with Gasteiger partial charge in [-0.25, -0.2) is 4.99 Å². The highest BCUT2D eigenvalue weighted by Gasteiger charge is 2.31. The largest absolute Gasteiger partial charge is 0.429 e. The van der Waals surface area contributed by atoms with E-state index in [4.69, 9.17) is 11.6 Å². The standard InChI is InChI=1S/C9H7ClF3N/c1-6(9(11,12)13)14-8-4-2-3-7(10)5-8/h2-5H,1H3. The molecular weight excluding hydrogens is 215 g/mol. The van der Waals surface area contributed by atoms with E-state index in [2.05, 4.69) is 4.99 Å². The van der Waals surface area contributed by atoms with E-state index in [9.17, 15) is 13.2 Å². The summed E-state index contributed by atoms with van der Waals surface area (Å²) in [6, 6.07) is 5.95. The number of nitrogens with zero attached hydrogens (tertiary/aromatic N) is 1. The second kappa shape index (κ2) is 4.00. The minimum absolute atomic E-state index is 0.201. The zero-order valence-electron chi connectivity index (χ0n) is 7.27. The van der Waals surface area contributed by atoms with Gasteiger partial charge in [0, 0.05) is 5.02 Å². The summed E-state index contributed by atoms with van der Waals surface area (Å²) in [4.78, 5) is 3.40. The molecule has 0 amide bonds. The summed E-state index contributed by atoms with van der Waals surface area (Å²) in [6.07, 6.45) is -4.39. The molecule has 0 aliphatic carbocycles. The Kier molecular flexibility index (Phi) is 3.16. The number of aliphatic imine (C=N–C) groups is 1. The molecule has 5 heteroatoms. The van der Waals surface area contributed by atoms with Crippen molar-refractivity contribution in [2.45, 2.75) is 13.1 Å². The second-order valence-corrected chi connectivity index (χ2v) is 3.11. The summed E-state index contributed by atoms with van der Waals surface area (Å²) in [5.41, 5.74) is -0.688. The molecule has 14 heavy (non-hydrogen) atoms. The van der Waals surface area contributed by atoms with E-state index < -0.39 is 11.9 Å². The molecular formula is C9H7ClF3N. The molecule has 0 aliphatic rings. The average Bonchev–Trinajstić information content (AvgIpc) is 2.02. The van der Waals surface area contributed by atoms with Gasteiger partial charge in [0.2, 0.25) is 0 Å². The van der Waals surface area contributed by atoms with Crippen LogP contribution in [0, 0.1) is 0 Å². The summed E-state index contributed by atoms with van der Waals surface area (Å²) >= 11 is 5.59. The Morgan fingerprint density at radius 1 is 1.36 bits per heavy atom. The van der Waals surface area contributed by atoms with E-state index >= 15 is 0 Å². The first-order valence-corrected chi connectivity index (χ1v) is 4.15. The fraction of sp³-hybridized carbons (Fsp3) is 0.222. The number of halogens is 4. The molecule has 0 radical (unpaired) electrons. The van der Waals surface area contributed by atoms with Crippen molar-refractivity contribution in [1.29, 1.82) is 0 Å². The highest BCUT2D eigenvalue weighted by Crippen LogP contribution is 2.23. The van der Waals surface area contributed by atoms with Crippen LogP contribution in [0.25, 0.3) is 0 Å². The van der Waals surface area contributed by atoms with Crippen molar-refractivity contribution in [3.8, 4) is 0 Å². The normalized spacial score (nSPS) is 13.1. The van der Waals surface area contributed by atoms with Crippen LogP contribution < -0.4 is 0 Å². The molecule has 1 aromatic carbocycles. The minimum atomic E-state index is -4.39. The van der Waals surface area contributed by atoms with Gasteiger partial charge in [-0.2, -0.15) is 13.2 Å². The van der Waals surface area contributed by atoms with Crippen LogP contribution in [-0.4, -0.2) is 11.9 Å². The molecule has 0 heterocycles. The van der Waals surface area contributed by atoms with E-state index in [1.807, 2.05) is 0 Å². The Balaban J connectivity index is 2.98. The summed E-state index contributed by atoms with van der Waals surface area (Å²) in [7, 11) is 0. The third kappa shape index (κ3) is 3.03. The van der Waals surface area contributed by atoms with Crippen molar-refractivity contribution in [2.75, 3.05) is 0 Å². The highest BCUT2D eigenvalue weighted by atomic mass is 35.5. The average molecular weight is 222 g/mol. The molecule has 0 saturated heterocycles. The van der Waals surface area contributed by atoms with Gasteiger partial charge in [0.1, 0.15) is 5.71 Å². The number of hydrogen-bond acceptors (Lipinski definition) is 1. The van der Waals surface area contributed by atoms with Crippen LogP contribution in [0.15, 0.2) is 29.3 Å². The molecule has 0 fully saturated rings. The van der Waals surface area contributed by atoms with Crippen molar-refractivity contribution in [3.63, 3.8) is 0 Å². The van der Waals surface area contributed by atoms with Crippen molar-refractivity contribution in [2.24, 2.45) is 4.99 Å². The lowest BCUT2D eigenvalue weighted by Gasteiger charge is -2.04. The van der Waals surface area contributed by atoms with E-state index in [0.717, 1.165) is 6.92 Å². The Bertz CT molecular complexity index is 357. The summed E-state index contributed by atoms with van der Waals surface area (Å²) in [6.45, 7) is 0.918. The van der Waals surface area contributed by atoms with Crippen LogP contribution in [0.2, 0.25) is 5.02 Å². The maximum atomic E-state index is 12.1. The maximum absolute atomic E-state index is 12.1. The number of alkyl halides is 3. The topological polar surface area (TPSA) is 12.4 Å². The zero-order valence-corrected chi connectivity index (χ0v) is 8.02. The number of rotatable bonds is 1. The molecule has 0 aliphatic heterocycles. The van der Waals surface area contributed by atoms with Crippen LogP contribution in [0.4, 0.5) is 18.9 Å². The molecule has 0 unspecified atom stereocenters. The molecule has 1 aromatic rings. The molecule has 1 nitrogen and oxygen atoms in total. The van der Waals surface area contributed by atoms with Crippen molar-refractivity contribution >= 4 is 23.0 Å². The molecule has 0 atom stereocenters. The van der Waals surface area contributed by atoms with Crippen LogP contribution in [0.3, 0.4) is 0 Å². The van der Waals surface area contributed by atoms with E-state index in [0.29, 0.717) is 5.02 Å². The van der Waals surface area contributed by atoms with Gasteiger partial charge >= 0.3 is 6.18 Å². The number of hydrogen-bond donors (Lipinski definition) is 0. The van der Waals surface area contributed by atoms with Gasteiger partial charge in [0.05, 0.1) is 5.69 Å². The Hall–Kier alpha value is -1.03. The van der Waals surface area contributed by atoms with E-state index in [1.165, 1.54) is 12.1 Å². The third-order valence-corrected chi connectivity index (χ3v) is 1.75. The lowest BCUT2D eigenvalue weighted by molar-refractivity contribution is -0.0591. The number of benzene rings is 1. The SMILES string of the molecule is CC(=Nc1cccc(Cl)c1)C(F)(F)F. The van der Waals surface area contributed by atoms with Gasteiger partial charge in [-0.3, -0.25) is 0 Å². The quantitative estimate of drug-likeness (QED) is 0.636. The summed E-state index contributed by atoms with van der Waals surface area (Å²) < 4.78 is 36.2. The summed E-state index contributed by atoms with van der Waals surface area (Å²) in [5, 5.41) is 0.362. The lowest BCUT2D eigenvalue weighted by Crippen LogP contribution is -2.18. The smallest absolute Gasteiger partial charge is 0.249 e. The van der Waals surface area contributed by atoms with Gasteiger partial charge in [-0.05, 0) is 25.1 Å². The van der Waals surface area contributed by atoms with Crippen LogP contribution in [0.1, 0.15) is 6.92 Å². The monoisotopic (exact) mass is 221 g/mol. The first kappa shape index (κ1) is 11.0. The first-order valence-electron chi connectivity index (χ1n) is 3.77. The van der Waals surface area contributed by atoms with Gasteiger partial charge < -0.3 is 0 Å². The molecule has 0 saturated carbocycles. The highest BCUT2D eigenvalue weighted by molar-refractivity contribution is 6.30. The lowest BCUT2D eigenvalue weighted by atomic mass is 10.3. The van der Waals surface area contributed by atoms with Crippen molar-refractivity contribution in [1.82, 2.24) is 0 Å². The van der Waals surface area contributed by atoms with Gasteiger partial charge in [0.25, 0.3) is 0 Å². The molecule has 1 rings (SSSR count). The Labute approximate surface area is 84.2 Å². The fourth-order valence-electron chi connectivity index (χ4n) is 0.803. The second-order valence-electron chi connectivity index (χ2n) is 2.67. The molecule has 76 valence electrons. The third-order valence-electron chi connectivity index (χ3n) is 1.52.